The number of nitrogens with one attached hydrogen (secondary N) is 3. The fourth-order valence-corrected chi connectivity index (χ4v) is 5.24. The van der Waals surface area contributed by atoms with Crippen molar-refractivity contribution in [2.45, 2.75) is 37.7 Å². The zero-order valence-electron chi connectivity index (χ0n) is 12.9. The van der Waals surface area contributed by atoms with Crippen LogP contribution in [0.3, 0.4) is 0 Å². The summed E-state index contributed by atoms with van der Waals surface area (Å²) in [5.41, 5.74) is 7.46. The van der Waals surface area contributed by atoms with E-state index in [1.165, 1.54) is 11.3 Å². The van der Waals surface area contributed by atoms with E-state index in [2.05, 4.69) is 25.5 Å². The molecule has 0 amide bonds. The summed E-state index contributed by atoms with van der Waals surface area (Å²) in [6, 6.07) is 5.32. The number of sulfonamides is 1. The van der Waals surface area contributed by atoms with E-state index >= 15 is 0 Å². The molecular weight excluding hydrogens is 334 g/mol. The molecule has 3 N–H and O–H groups in total. The zero-order chi connectivity index (χ0) is 16.4. The molecule has 124 valence electrons. The first-order chi connectivity index (χ1) is 11.0. The van der Waals surface area contributed by atoms with Crippen molar-refractivity contribution >= 4 is 21.4 Å². The Labute approximate surface area is 139 Å². The molecule has 23 heavy (non-hydrogen) atoms. The Morgan fingerprint density at radius 2 is 1.96 bits per heavy atom. The molecule has 1 saturated heterocycles. The summed E-state index contributed by atoms with van der Waals surface area (Å²) in [5.74, 6) is 0. The van der Waals surface area contributed by atoms with Gasteiger partial charge < -0.3 is 0 Å². The topological polar surface area (TPSA) is 96.0 Å². The number of hydrogen-bond acceptors (Lipinski definition) is 7. The van der Waals surface area contributed by atoms with Crippen LogP contribution in [0, 0.1) is 0 Å². The number of pyridine rings is 1. The second-order valence-corrected chi connectivity index (χ2v) is 8.40. The van der Waals surface area contributed by atoms with Gasteiger partial charge in [-0.3, -0.25) is 15.8 Å². The van der Waals surface area contributed by atoms with E-state index < -0.39 is 15.3 Å². The van der Waals surface area contributed by atoms with Crippen LogP contribution in [0.25, 0.3) is 11.4 Å². The highest BCUT2D eigenvalue weighted by molar-refractivity contribution is 7.90. The highest BCUT2D eigenvalue weighted by Gasteiger charge is 2.40. The Kier molecular flexibility index (Phi) is 4.74. The van der Waals surface area contributed by atoms with Gasteiger partial charge >= 0.3 is 0 Å². The van der Waals surface area contributed by atoms with Gasteiger partial charge in [0, 0.05) is 23.7 Å². The number of hydrogen-bond donors (Lipinski definition) is 3. The molecule has 0 spiro atoms. The lowest BCUT2D eigenvalue weighted by Crippen LogP contribution is -2.44. The van der Waals surface area contributed by atoms with Crippen LogP contribution >= 0.6 is 11.3 Å². The quantitative estimate of drug-likeness (QED) is 0.738. The Balaban J connectivity index is 1.68. The van der Waals surface area contributed by atoms with Gasteiger partial charge in [0.2, 0.25) is 10.0 Å². The maximum Gasteiger partial charge on any atom is 0.218 e. The first kappa shape index (κ1) is 16.5. The summed E-state index contributed by atoms with van der Waals surface area (Å²) in [6.45, 7) is 3.89. The maximum absolute atomic E-state index is 12.5. The minimum atomic E-state index is -3.44. The predicted molar refractivity (Wildman–Crippen MR) is 90.1 cm³/mol. The highest BCUT2D eigenvalue weighted by Crippen LogP contribution is 2.20. The van der Waals surface area contributed by atoms with Crippen molar-refractivity contribution in [1.82, 2.24) is 25.5 Å². The van der Waals surface area contributed by atoms with Crippen molar-refractivity contribution in [2.24, 2.45) is 0 Å². The number of hydrazine groups is 1. The van der Waals surface area contributed by atoms with Crippen LogP contribution in [0.4, 0.5) is 0 Å². The average molecular weight is 353 g/mol. The van der Waals surface area contributed by atoms with E-state index in [0.717, 1.165) is 11.4 Å². The second-order valence-electron chi connectivity index (χ2n) is 5.54. The van der Waals surface area contributed by atoms with Crippen molar-refractivity contribution in [3.05, 3.63) is 34.8 Å². The maximum atomic E-state index is 12.5. The molecule has 0 saturated carbocycles. The van der Waals surface area contributed by atoms with Crippen LogP contribution in [0.1, 0.15) is 18.9 Å². The summed E-state index contributed by atoms with van der Waals surface area (Å²) in [4.78, 5) is 8.69. The van der Waals surface area contributed by atoms with Crippen molar-refractivity contribution in [3.63, 3.8) is 0 Å². The van der Waals surface area contributed by atoms with E-state index in [0.29, 0.717) is 5.01 Å². The summed E-state index contributed by atoms with van der Waals surface area (Å²) >= 11 is 1.42. The van der Waals surface area contributed by atoms with E-state index in [9.17, 15) is 8.42 Å². The van der Waals surface area contributed by atoms with Crippen LogP contribution in [-0.2, 0) is 16.6 Å². The zero-order valence-corrected chi connectivity index (χ0v) is 14.5. The largest absolute Gasteiger partial charge is 0.255 e. The Morgan fingerprint density at radius 3 is 2.61 bits per heavy atom. The van der Waals surface area contributed by atoms with Crippen molar-refractivity contribution in [1.29, 1.82) is 0 Å². The minimum absolute atomic E-state index is 0.150. The summed E-state index contributed by atoms with van der Waals surface area (Å²) in [7, 11) is -3.44. The first-order valence-corrected chi connectivity index (χ1v) is 9.75. The van der Waals surface area contributed by atoms with Crippen molar-refractivity contribution in [3.8, 4) is 11.4 Å². The fraction of sp³-hybridized carbons (Fsp3) is 0.429. The normalized spacial score (nSPS) is 24.9. The van der Waals surface area contributed by atoms with Gasteiger partial charge in [-0.15, -0.1) is 11.3 Å². The molecule has 1 aliphatic heterocycles. The molecular formula is C14H19N5O2S2. The Morgan fingerprint density at radius 1 is 1.22 bits per heavy atom. The molecule has 0 aromatic carbocycles. The van der Waals surface area contributed by atoms with Gasteiger partial charge in [0.1, 0.15) is 10.3 Å². The standard InChI is InChI=1S/C14H19N5O2S2/c1-9-14(10(2)19-18-9)23(20,21)16-7-13-17-12(8-22-13)11-5-3-4-6-15-11/h3-6,8-10,14,16,18-19H,7H2,1-2H3. The molecule has 0 aliphatic carbocycles. The average Bonchev–Trinajstić information content (AvgIpc) is 3.13. The third-order valence-electron chi connectivity index (χ3n) is 3.79. The number of rotatable bonds is 5. The summed E-state index contributed by atoms with van der Waals surface area (Å²) in [5, 5.41) is 2.08. The van der Waals surface area contributed by atoms with Crippen LogP contribution in [0.5, 0.6) is 0 Å². The minimum Gasteiger partial charge on any atom is -0.255 e. The van der Waals surface area contributed by atoms with Gasteiger partial charge in [0.25, 0.3) is 0 Å². The van der Waals surface area contributed by atoms with Gasteiger partial charge in [-0.05, 0) is 26.0 Å². The molecule has 3 heterocycles. The van der Waals surface area contributed by atoms with E-state index in [1.807, 2.05) is 37.4 Å². The van der Waals surface area contributed by atoms with Crippen LogP contribution < -0.4 is 15.6 Å². The first-order valence-electron chi connectivity index (χ1n) is 7.33. The summed E-state index contributed by atoms with van der Waals surface area (Å²) < 4.78 is 27.6. The third kappa shape index (κ3) is 3.59. The molecule has 0 radical (unpaired) electrons. The lowest BCUT2D eigenvalue weighted by Gasteiger charge is -2.18. The molecule has 9 heteroatoms. The van der Waals surface area contributed by atoms with Gasteiger partial charge in [-0.1, -0.05) is 6.07 Å². The monoisotopic (exact) mass is 353 g/mol. The molecule has 7 nitrogen and oxygen atoms in total. The van der Waals surface area contributed by atoms with E-state index in [1.54, 1.807) is 6.20 Å². The molecule has 1 aliphatic rings. The summed E-state index contributed by atoms with van der Waals surface area (Å²) in [6.07, 6.45) is 1.71. The number of thiazole rings is 1. The van der Waals surface area contributed by atoms with Gasteiger partial charge in [-0.25, -0.2) is 18.1 Å². The molecule has 2 unspecified atom stereocenters. The molecule has 1 fully saturated rings. The third-order valence-corrected chi connectivity index (χ3v) is 6.71. The van der Waals surface area contributed by atoms with Gasteiger partial charge in [-0.2, -0.15) is 0 Å². The van der Waals surface area contributed by atoms with E-state index in [-0.39, 0.29) is 18.6 Å². The predicted octanol–water partition coefficient (Wildman–Crippen LogP) is 0.878. The molecule has 2 aromatic rings. The molecule has 2 aromatic heterocycles. The van der Waals surface area contributed by atoms with Crippen molar-refractivity contribution < 1.29 is 8.42 Å². The SMILES string of the molecule is CC1NNC(C)C1S(=O)(=O)NCc1nc(-c2ccccn2)cs1. The Hall–Kier alpha value is -1.39. The lowest BCUT2D eigenvalue weighted by molar-refractivity contribution is 0.544. The molecule has 2 atom stereocenters. The Bertz CT molecular complexity index is 752. The second kappa shape index (κ2) is 6.62. The number of nitrogens with zero attached hydrogens (tertiary/aromatic N) is 2. The van der Waals surface area contributed by atoms with Gasteiger partial charge in [0.05, 0.1) is 17.9 Å². The van der Waals surface area contributed by atoms with Gasteiger partial charge in [0.15, 0.2) is 0 Å². The van der Waals surface area contributed by atoms with Crippen LogP contribution in [0.15, 0.2) is 29.8 Å². The van der Waals surface area contributed by atoms with Crippen LogP contribution in [0.2, 0.25) is 0 Å². The van der Waals surface area contributed by atoms with E-state index in [4.69, 9.17) is 0 Å². The fourth-order valence-electron chi connectivity index (χ4n) is 2.68. The molecule has 3 rings (SSSR count). The lowest BCUT2D eigenvalue weighted by atomic mass is 10.2. The van der Waals surface area contributed by atoms with Crippen molar-refractivity contribution in [2.75, 3.05) is 0 Å². The number of aromatic nitrogens is 2. The molecule has 0 bridgehead atoms. The van der Waals surface area contributed by atoms with Crippen LogP contribution in [-0.4, -0.2) is 35.7 Å². The highest BCUT2D eigenvalue weighted by atomic mass is 32.2. The smallest absolute Gasteiger partial charge is 0.218 e.